The maximum atomic E-state index is 11.9. The molecule has 0 heterocycles. The molecule has 7 heteroatoms. The van der Waals surface area contributed by atoms with Gasteiger partial charge in [0.15, 0.2) is 0 Å². The molecule has 108 valence electrons. The fraction of sp³-hybridized carbons (Fsp3) is 0.583. The molecule has 2 atom stereocenters. The number of urea groups is 1. The number of amides is 3. The molecule has 0 aliphatic heterocycles. The zero-order chi connectivity index (χ0) is 15.0. The van der Waals surface area contributed by atoms with E-state index in [1.54, 1.807) is 0 Å². The summed E-state index contributed by atoms with van der Waals surface area (Å²) in [5.41, 5.74) is 4.99. The Bertz CT molecular complexity index is 355. The second-order valence-electron chi connectivity index (χ2n) is 4.61. The van der Waals surface area contributed by atoms with Gasteiger partial charge in [0, 0.05) is 0 Å². The van der Waals surface area contributed by atoms with Crippen LogP contribution in [0.4, 0.5) is 4.79 Å². The highest BCUT2D eigenvalue weighted by atomic mass is 16.4. The van der Waals surface area contributed by atoms with Gasteiger partial charge in [-0.2, -0.15) is 0 Å². The molecule has 0 aliphatic rings. The number of hydrogen-bond donors (Lipinski definition) is 4. The van der Waals surface area contributed by atoms with E-state index in [4.69, 9.17) is 10.8 Å². The number of carboxylic acid groups (broad SMARTS) is 1. The first-order valence-electron chi connectivity index (χ1n) is 5.98. The summed E-state index contributed by atoms with van der Waals surface area (Å²) in [7, 11) is 0. The average Bonchev–Trinajstić information content (AvgIpc) is 2.25. The third-order valence-electron chi connectivity index (χ3n) is 2.36. The van der Waals surface area contributed by atoms with E-state index < -0.39 is 30.0 Å². The van der Waals surface area contributed by atoms with Crippen LogP contribution in [0.2, 0.25) is 0 Å². The maximum absolute atomic E-state index is 11.9. The fourth-order valence-corrected chi connectivity index (χ4v) is 1.54. The van der Waals surface area contributed by atoms with Gasteiger partial charge in [-0.1, -0.05) is 19.9 Å². The van der Waals surface area contributed by atoms with Gasteiger partial charge < -0.3 is 21.5 Å². The monoisotopic (exact) mass is 271 g/mol. The van der Waals surface area contributed by atoms with Crippen LogP contribution in [0.15, 0.2) is 12.7 Å². The number of carboxylic acids is 1. The molecular formula is C12H21N3O4. The van der Waals surface area contributed by atoms with E-state index in [0.717, 1.165) is 0 Å². The Morgan fingerprint density at radius 2 is 1.84 bits per heavy atom. The minimum absolute atomic E-state index is 0.103. The lowest BCUT2D eigenvalue weighted by molar-refractivity contribution is -0.142. The van der Waals surface area contributed by atoms with Crippen LogP contribution >= 0.6 is 0 Å². The number of hydrogen-bond acceptors (Lipinski definition) is 3. The molecule has 0 saturated carbocycles. The van der Waals surface area contributed by atoms with Gasteiger partial charge in [0.25, 0.3) is 0 Å². The Labute approximate surface area is 112 Å². The van der Waals surface area contributed by atoms with Crippen molar-refractivity contribution in [3.05, 3.63) is 12.7 Å². The smallest absolute Gasteiger partial charge is 0.326 e. The van der Waals surface area contributed by atoms with Gasteiger partial charge in [-0.05, 0) is 18.8 Å². The van der Waals surface area contributed by atoms with Crippen LogP contribution in [0.3, 0.4) is 0 Å². The van der Waals surface area contributed by atoms with Crippen molar-refractivity contribution in [2.24, 2.45) is 11.7 Å². The van der Waals surface area contributed by atoms with Crippen LogP contribution in [-0.4, -0.2) is 35.1 Å². The first-order valence-corrected chi connectivity index (χ1v) is 5.98. The maximum Gasteiger partial charge on any atom is 0.326 e. The van der Waals surface area contributed by atoms with E-state index in [0.29, 0.717) is 6.42 Å². The Balaban J connectivity index is 4.72. The lowest BCUT2D eigenvalue weighted by Crippen LogP contribution is -2.53. The second kappa shape index (κ2) is 8.12. The topological polar surface area (TPSA) is 122 Å². The molecule has 7 nitrogen and oxygen atoms in total. The highest BCUT2D eigenvalue weighted by molar-refractivity contribution is 5.89. The van der Waals surface area contributed by atoms with Gasteiger partial charge >= 0.3 is 12.0 Å². The van der Waals surface area contributed by atoms with Gasteiger partial charge in [0.05, 0.1) is 0 Å². The van der Waals surface area contributed by atoms with Crippen molar-refractivity contribution >= 4 is 17.9 Å². The molecule has 0 spiro atoms. The molecule has 0 aromatic carbocycles. The average molecular weight is 271 g/mol. The molecule has 0 rings (SSSR count). The summed E-state index contributed by atoms with van der Waals surface area (Å²) in [6.07, 6.45) is 1.87. The highest BCUT2D eigenvalue weighted by Gasteiger charge is 2.25. The third kappa shape index (κ3) is 7.07. The first-order chi connectivity index (χ1) is 8.77. The highest BCUT2D eigenvalue weighted by Crippen LogP contribution is 2.06. The number of aliphatic carboxylic acids is 1. The van der Waals surface area contributed by atoms with E-state index in [1.165, 1.54) is 6.08 Å². The van der Waals surface area contributed by atoms with Crippen molar-refractivity contribution in [3.8, 4) is 0 Å². The molecule has 5 N–H and O–H groups in total. The largest absolute Gasteiger partial charge is 0.480 e. The molecule has 0 radical (unpaired) electrons. The van der Waals surface area contributed by atoms with Crippen molar-refractivity contribution in [2.75, 3.05) is 0 Å². The minimum Gasteiger partial charge on any atom is -0.480 e. The number of primary amides is 1. The standard InChI is InChI=1S/C12H21N3O4/c1-4-5-8(11(17)18)14-10(16)9(6-7(2)3)15-12(13)19/h4,7-9H,1,5-6H2,2-3H3,(H,14,16)(H,17,18)(H3,13,15,19). The zero-order valence-electron chi connectivity index (χ0n) is 11.2. The number of carbonyl (C=O) groups excluding carboxylic acids is 2. The Kier molecular flexibility index (Phi) is 7.25. The summed E-state index contributed by atoms with van der Waals surface area (Å²) in [5.74, 6) is -1.58. The quantitative estimate of drug-likeness (QED) is 0.471. The van der Waals surface area contributed by atoms with Crippen LogP contribution < -0.4 is 16.4 Å². The van der Waals surface area contributed by atoms with E-state index in [2.05, 4.69) is 17.2 Å². The zero-order valence-corrected chi connectivity index (χ0v) is 11.2. The Morgan fingerprint density at radius 3 is 2.21 bits per heavy atom. The second-order valence-corrected chi connectivity index (χ2v) is 4.61. The van der Waals surface area contributed by atoms with Crippen LogP contribution in [-0.2, 0) is 9.59 Å². The van der Waals surface area contributed by atoms with Gasteiger partial charge in [-0.3, -0.25) is 4.79 Å². The number of nitrogens with two attached hydrogens (primary N) is 1. The Morgan fingerprint density at radius 1 is 1.26 bits per heavy atom. The summed E-state index contributed by atoms with van der Waals surface area (Å²) < 4.78 is 0. The summed E-state index contributed by atoms with van der Waals surface area (Å²) in [6.45, 7) is 7.18. The molecule has 0 aliphatic carbocycles. The van der Waals surface area contributed by atoms with Crippen molar-refractivity contribution in [1.82, 2.24) is 10.6 Å². The fourth-order valence-electron chi connectivity index (χ4n) is 1.54. The SMILES string of the molecule is C=CCC(NC(=O)C(CC(C)C)NC(N)=O)C(=O)O. The van der Waals surface area contributed by atoms with E-state index in [-0.39, 0.29) is 12.3 Å². The van der Waals surface area contributed by atoms with E-state index >= 15 is 0 Å². The van der Waals surface area contributed by atoms with Gasteiger partial charge in [0.1, 0.15) is 12.1 Å². The van der Waals surface area contributed by atoms with Crippen molar-refractivity contribution in [3.63, 3.8) is 0 Å². The molecule has 2 unspecified atom stereocenters. The van der Waals surface area contributed by atoms with Gasteiger partial charge in [-0.15, -0.1) is 6.58 Å². The predicted molar refractivity (Wildman–Crippen MR) is 70.3 cm³/mol. The molecule has 0 aromatic heterocycles. The summed E-state index contributed by atoms with van der Waals surface area (Å²) in [6, 6.07) is -2.73. The normalized spacial score (nSPS) is 13.4. The number of carbonyl (C=O) groups is 3. The van der Waals surface area contributed by atoms with E-state index in [9.17, 15) is 14.4 Å². The summed E-state index contributed by atoms with van der Waals surface area (Å²) in [4.78, 5) is 33.7. The third-order valence-corrected chi connectivity index (χ3v) is 2.36. The molecule has 3 amide bonds. The Hall–Kier alpha value is -2.05. The molecular weight excluding hydrogens is 250 g/mol. The first kappa shape index (κ1) is 16.9. The summed E-state index contributed by atoms with van der Waals surface area (Å²) in [5, 5.41) is 13.6. The van der Waals surface area contributed by atoms with Crippen molar-refractivity contribution < 1.29 is 19.5 Å². The number of rotatable bonds is 8. The molecule has 0 bridgehead atoms. The molecule has 0 aromatic rings. The molecule has 0 saturated heterocycles. The van der Waals surface area contributed by atoms with Crippen LogP contribution in [0, 0.1) is 5.92 Å². The van der Waals surface area contributed by atoms with E-state index in [1.807, 2.05) is 13.8 Å². The molecule has 0 fully saturated rings. The van der Waals surface area contributed by atoms with Crippen LogP contribution in [0.1, 0.15) is 26.7 Å². The predicted octanol–water partition coefficient (Wildman–Crippen LogP) is 0.215. The minimum atomic E-state index is -1.16. The van der Waals surface area contributed by atoms with Gasteiger partial charge in [-0.25, -0.2) is 9.59 Å². The lowest BCUT2D eigenvalue weighted by Gasteiger charge is -2.21. The molecule has 19 heavy (non-hydrogen) atoms. The van der Waals surface area contributed by atoms with Crippen molar-refractivity contribution in [1.29, 1.82) is 0 Å². The summed E-state index contributed by atoms with van der Waals surface area (Å²) >= 11 is 0. The van der Waals surface area contributed by atoms with Crippen molar-refractivity contribution in [2.45, 2.75) is 38.8 Å². The lowest BCUT2D eigenvalue weighted by atomic mass is 10.0. The van der Waals surface area contributed by atoms with Crippen LogP contribution in [0.5, 0.6) is 0 Å². The van der Waals surface area contributed by atoms with Gasteiger partial charge in [0.2, 0.25) is 5.91 Å². The van der Waals surface area contributed by atoms with Crippen LogP contribution in [0.25, 0.3) is 0 Å². The number of nitrogens with one attached hydrogen (secondary N) is 2.